The van der Waals surface area contributed by atoms with Gasteiger partial charge >= 0.3 is 6.02 Å². The second-order valence-electron chi connectivity index (χ2n) is 4.99. The first-order valence-corrected chi connectivity index (χ1v) is 5.46. The molecule has 1 aliphatic rings. The number of morpholine rings is 1. The van der Waals surface area contributed by atoms with Gasteiger partial charge in [-0.15, -0.1) is 0 Å². The molecule has 1 fully saturated rings. The van der Waals surface area contributed by atoms with Gasteiger partial charge in [0.1, 0.15) is 18.7 Å². The normalized spacial score (nSPS) is 17.5. The summed E-state index contributed by atoms with van der Waals surface area (Å²) in [5, 5.41) is 0. The Morgan fingerprint density at radius 2 is 1.73 bits per heavy atom. The second-order valence-corrected chi connectivity index (χ2v) is 4.99. The van der Waals surface area contributed by atoms with Crippen molar-refractivity contribution in [1.82, 2.24) is 4.90 Å². The molecule has 15 heavy (non-hydrogen) atoms. The molecule has 0 spiro atoms. The summed E-state index contributed by atoms with van der Waals surface area (Å²) in [6.45, 7) is 9.58. The molecule has 1 rings (SSSR count). The smallest absolute Gasteiger partial charge is 0.426 e. The molecular weight excluding hydrogens is 192 g/mol. The molecule has 0 aliphatic carbocycles. The van der Waals surface area contributed by atoms with Crippen molar-refractivity contribution in [1.29, 1.82) is 0 Å². The van der Waals surface area contributed by atoms with Crippen LogP contribution in [-0.4, -0.2) is 61.5 Å². The zero-order chi connectivity index (χ0) is 11.5. The molecule has 0 aromatic heterocycles. The van der Waals surface area contributed by atoms with Gasteiger partial charge in [-0.05, 0) is 20.8 Å². The topological polar surface area (TPSA) is 24.7 Å². The van der Waals surface area contributed by atoms with E-state index in [0.717, 1.165) is 32.3 Å². The van der Waals surface area contributed by atoms with Gasteiger partial charge < -0.3 is 9.47 Å². The van der Waals surface area contributed by atoms with E-state index in [0.29, 0.717) is 0 Å². The fourth-order valence-electron chi connectivity index (χ4n) is 1.47. The first-order chi connectivity index (χ1) is 6.90. The maximum absolute atomic E-state index is 5.95. The van der Waals surface area contributed by atoms with Crippen LogP contribution in [0.2, 0.25) is 0 Å². The molecule has 4 nitrogen and oxygen atoms in total. The summed E-state index contributed by atoms with van der Waals surface area (Å²) >= 11 is 0. The van der Waals surface area contributed by atoms with Gasteiger partial charge in [0.25, 0.3) is 0 Å². The van der Waals surface area contributed by atoms with E-state index in [4.69, 9.17) is 9.47 Å². The molecule has 0 saturated carbocycles. The van der Waals surface area contributed by atoms with Crippen LogP contribution < -0.4 is 0 Å². The fraction of sp³-hybridized carbons (Fsp3) is 0.909. The molecule has 0 radical (unpaired) electrons. The van der Waals surface area contributed by atoms with E-state index >= 15 is 0 Å². The van der Waals surface area contributed by atoms with Crippen LogP contribution in [0.1, 0.15) is 20.8 Å². The lowest BCUT2D eigenvalue weighted by Crippen LogP contribution is -2.47. The lowest BCUT2D eigenvalue weighted by molar-refractivity contribution is -0.483. The van der Waals surface area contributed by atoms with Gasteiger partial charge in [-0.3, -0.25) is 0 Å². The highest BCUT2D eigenvalue weighted by molar-refractivity contribution is 5.69. The number of hydrogen-bond donors (Lipinski definition) is 0. The minimum absolute atomic E-state index is 0.155. The number of nitrogens with zero attached hydrogens (tertiary/aromatic N) is 2. The standard InChI is InChI=1S/C11H23N2O2/c1-11(2,3)15-10(12(4)5)13-6-8-14-9-7-13/h6-9H2,1-5H3/q+1. The van der Waals surface area contributed by atoms with Gasteiger partial charge in [0.2, 0.25) is 0 Å². The Balaban J connectivity index is 2.70. The summed E-state index contributed by atoms with van der Waals surface area (Å²) in [7, 11) is 4.02. The Morgan fingerprint density at radius 3 is 2.13 bits per heavy atom. The van der Waals surface area contributed by atoms with Crippen molar-refractivity contribution in [3.63, 3.8) is 0 Å². The van der Waals surface area contributed by atoms with E-state index in [1.165, 1.54) is 0 Å². The third-order valence-electron chi connectivity index (χ3n) is 2.06. The minimum Gasteiger partial charge on any atom is -0.426 e. The molecule has 0 bridgehead atoms. The van der Waals surface area contributed by atoms with Gasteiger partial charge in [-0.2, -0.15) is 0 Å². The van der Waals surface area contributed by atoms with E-state index < -0.39 is 0 Å². The predicted octanol–water partition coefficient (Wildman–Crippen LogP) is 0.762. The molecule has 0 amide bonds. The first-order valence-electron chi connectivity index (χ1n) is 5.46. The molecular formula is C11H23N2O2+. The summed E-state index contributed by atoms with van der Waals surface area (Å²) in [5.74, 6) is 0. The molecule has 1 saturated heterocycles. The monoisotopic (exact) mass is 215 g/mol. The molecule has 0 unspecified atom stereocenters. The molecule has 88 valence electrons. The van der Waals surface area contributed by atoms with Crippen molar-refractivity contribution in [2.75, 3.05) is 40.4 Å². The SMILES string of the molecule is C[N+](C)=C(OC(C)(C)C)N1CCOCC1. The van der Waals surface area contributed by atoms with Crippen LogP contribution in [-0.2, 0) is 9.47 Å². The quantitative estimate of drug-likeness (QED) is 0.339. The molecule has 0 N–H and O–H groups in total. The summed E-state index contributed by atoms with van der Waals surface area (Å²) in [6.07, 6.45) is 0. The average molecular weight is 215 g/mol. The highest BCUT2D eigenvalue weighted by Crippen LogP contribution is 2.10. The maximum atomic E-state index is 5.95. The molecule has 0 atom stereocenters. The summed E-state index contributed by atoms with van der Waals surface area (Å²) in [5.41, 5.74) is -0.155. The van der Waals surface area contributed by atoms with Crippen LogP contribution in [0.25, 0.3) is 0 Å². The number of rotatable bonds is 0. The van der Waals surface area contributed by atoms with Crippen molar-refractivity contribution < 1.29 is 14.0 Å². The number of hydrogen-bond acceptors (Lipinski definition) is 2. The average Bonchev–Trinajstić information content (AvgIpc) is 2.14. The second kappa shape index (κ2) is 4.84. The third kappa shape index (κ3) is 4.08. The van der Waals surface area contributed by atoms with E-state index in [9.17, 15) is 0 Å². The van der Waals surface area contributed by atoms with Crippen LogP contribution in [0, 0.1) is 0 Å². The zero-order valence-electron chi connectivity index (χ0n) is 10.5. The minimum atomic E-state index is -0.155. The molecule has 1 heterocycles. The van der Waals surface area contributed by atoms with Crippen LogP contribution >= 0.6 is 0 Å². The third-order valence-corrected chi connectivity index (χ3v) is 2.06. The molecule has 4 heteroatoms. The molecule has 0 aromatic rings. The van der Waals surface area contributed by atoms with E-state index in [-0.39, 0.29) is 5.60 Å². The van der Waals surface area contributed by atoms with Crippen molar-refractivity contribution >= 4 is 6.02 Å². The van der Waals surface area contributed by atoms with Gasteiger partial charge in [-0.1, -0.05) is 0 Å². The molecule has 0 aromatic carbocycles. The summed E-state index contributed by atoms with van der Waals surface area (Å²) in [6, 6.07) is 0.936. The summed E-state index contributed by atoms with van der Waals surface area (Å²) < 4.78 is 13.3. The highest BCUT2D eigenvalue weighted by atomic mass is 16.5. The van der Waals surface area contributed by atoms with E-state index in [1.807, 2.05) is 18.7 Å². The Kier molecular flexibility index (Phi) is 3.97. The van der Waals surface area contributed by atoms with Gasteiger partial charge in [0.05, 0.1) is 27.3 Å². The Hall–Kier alpha value is -0.770. The summed E-state index contributed by atoms with van der Waals surface area (Å²) in [4.78, 5) is 2.23. The van der Waals surface area contributed by atoms with Gasteiger partial charge in [0.15, 0.2) is 0 Å². The van der Waals surface area contributed by atoms with Crippen molar-refractivity contribution in [2.24, 2.45) is 0 Å². The van der Waals surface area contributed by atoms with Crippen LogP contribution in [0.5, 0.6) is 0 Å². The van der Waals surface area contributed by atoms with Crippen molar-refractivity contribution in [3.05, 3.63) is 0 Å². The Morgan fingerprint density at radius 1 is 1.20 bits per heavy atom. The van der Waals surface area contributed by atoms with Crippen LogP contribution in [0.4, 0.5) is 0 Å². The predicted molar refractivity (Wildman–Crippen MR) is 60.3 cm³/mol. The number of ether oxygens (including phenoxy) is 2. The fourth-order valence-corrected chi connectivity index (χ4v) is 1.47. The van der Waals surface area contributed by atoms with Crippen LogP contribution in [0.3, 0.4) is 0 Å². The number of amidine groups is 1. The lowest BCUT2D eigenvalue weighted by atomic mass is 10.2. The van der Waals surface area contributed by atoms with Gasteiger partial charge in [0, 0.05) is 0 Å². The van der Waals surface area contributed by atoms with Crippen molar-refractivity contribution in [3.8, 4) is 0 Å². The lowest BCUT2D eigenvalue weighted by Gasteiger charge is -2.28. The van der Waals surface area contributed by atoms with E-state index in [2.05, 4.69) is 25.7 Å². The zero-order valence-corrected chi connectivity index (χ0v) is 10.5. The van der Waals surface area contributed by atoms with Crippen molar-refractivity contribution in [2.45, 2.75) is 26.4 Å². The highest BCUT2D eigenvalue weighted by Gasteiger charge is 2.29. The largest absolute Gasteiger partial charge is 0.446 e. The maximum Gasteiger partial charge on any atom is 0.446 e. The Labute approximate surface area is 92.5 Å². The van der Waals surface area contributed by atoms with Gasteiger partial charge in [-0.25, -0.2) is 9.48 Å². The Bertz CT molecular complexity index is 233. The van der Waals surface area contributed by atoms with Crippen LogP contribution in [0.15, 0.2) is 0 Å². The molecule has 1 aliphatic heterocycles. The van der Waals surface area contributed by atoms with E-state index in [1.54, 1.807) is 0 Å². The first kappa shape index (κ1) is 12.3.